The number of nitrogens with zero attached hydrogens (tertiary/aromatic N) is 2. The molecule has 3 amide bonds. The lowest BCUT2D eigenvalue weighted by atomic mass is 10.2. The van der Waals surface area contributed by atoms with Crippen LogP contribution >= 0.6 is 0 Å². The first kappa shape index (κ1) is 20.4. The monoisotopic (exact) mass is 410 g/mol. The summed E-state index contributed by atoms with van der Waals surface area (Å²) in [4.78, 5) is 25.4. The number of benzene rings is 1. The van der Waals surface area contributed by atoms with E-state index in [0.717, 1.165) is 24.2 Å². The van der Waals surface area contributed by atoms with Crippen LogP contribution < -0.4 is 15.4 Å². The van der Waals surface area contributed by atoms with Crippen LogP contribution in [-0.4, -0.2) is 68.9 Å². The van der Waals surface area contributed by atoms with E-state index in [-0.39, 0.29) is 16.6 Å². The van der Waals surface area contributed by atoms with Gasteiger partial charge in [0.25, 0.3) is 5.91 Å². The van der Waals surface area contributed by atoms with Crippen molar-refractivity contribution < 1.29 is 22.7 Å². The van der Waals surface area contributed by atoms with Gasteiger partial charge in [-0.15, -0.1) is 0 Å². The molecular weight excluding hydrogens is 384 g/mol. The fourth-order valence-electron chi connectivity index (χ4n) is 3.44. The maximum absolute atomic E-state index is 13.1. The van der Waals surface area contributed by atoms with Crippen molar-refractivity contribution in [1.82, 2.24) is 14.5 Å². The Kier molecular flexibility index (Phi) is 6.09. The highest BCUT2D eigenvalue weighted by atomic mass is 32.2. The molecule has 0 radical (unpaired) electrons. The van der Waals surface area contributed by atoms with Crippen molar-refractivity contribution in [1.29, 1.82) is 0 Å². The second-order valence-corrected chi connectivity index (χ2v) is 8.82. The first-order chi connectivity index (χ1) is 13.3. The van der Waals surface area contributed by atoms with E-state index in [4.69, 9.17) is 4.74 Å². The van der Waals surface area contributed by atoms with E-state index in [1.54, 1.807) is 19.1 Å². The number of hydrogen-bond donors (Lipinski definition) is 2. The topological polar surface area (TPSA) is 108 Å². The van der Waals surface area contributed by atoms with Crippen LogP contribution in [0.1, 0.15) is 26.2 Å². The molecule has 3 rings (SSSR count). The quantitative estimate of drug-likeness (QED) is 0.730. The molecule has 1 aromatic rings. The Labute approximate surface area is 165 Å². The first-order valence-electron chi connectivity index (χ1n) is 9.38. The maximum Gasteiger partial charge on any atom is 0.324 e. The Morgan fingerprint density at radius 2 is 1.93 bits per heavy atom. The summed E-state index contributed by atoms with van der Waals surface area (Å²) in [7, 11) is -2.27. The lowest BCUT2D eigenvalue weighted by molar-refractivity contribution is -0.128. The van der Waals surface area contributed by atoms with Gasteiger partial charge in [0, 0.05) is 31.9 Å². The van der Waals surface area contributed by atoms with Crippen molar-refractivity contribution in [2.45, 2.75) is 37.1 Å². The standard InChI is InChI=1S/C18H26N4O5S/c1-13(17(23)22-11-8-19-18(22)24)20-14-6-7-15(27-2)16(12-14)28(25,26)21-9-4-3-5-10-21/h6-7,12-13,20H,3-5,8-11H2,1-2H3,(H,19,24)/t13-/m1/s1. The molecule has 154 valence electrons. The van der Waals surface area contributed by atoms with Gasteiger partial charge in [0.1, 0.15) is 16.7 Å². The highest BCUT2D eigenvalue weighted by molar-refractivity contribution is 7.89. The van der Waals surface area contributed by atoms with Crippen molar-refractivity contribution >= 4 is 27.6 Å². The molecular formula is C18H26N4O5S. The third-order valence-electron chi connectivity index (χ3n) is 4.97. The van der Waals surface area contributed by atoms with Gasteiger partial charge in [-0.05, 0) is 38.0 Å². The molecule has 2 aliphatic heterocycles. The minimum Gasteiger partial charge on any atom is -0.495 e. The largest absolute Gasteiger partial charge is 0.495 e. The van der Waals surface area contributed by atoms with Gasteiger partial charge in [-0.2, -0.15) is 4.31 Å². The lowest BCUT2D eigenvalue weighted by Crippen LogP contribution is -2.43. The number of piperidine rings is 1. The average molecular weight is 410 g/mol. The number of carbonyl (C=O) groups is 2. The second kappa shape index (κ2) is 8.36. The van der Waals surface area contributed by atoms with Gasteiger partial charge < -0.3 is 15.4 Å². The smallest absolute Gasteiger partial charge is 0.324 e. The molecule has 9 nitrogen and oxygen atoms in total. The van der Waals surface area contributed by atoms with E-state index in [9.17, 15) is 18.0 Å². The molecule has 2 N–H and O–H groups in total. The Balaban J connectivity index is 1.82. The van der Waals surface area contributed by atoms with E-state index >= 15 is 0 Å². The fourth-order valence-corrected chi connectivity index (χ4v) is 5.14. The van der Waals surface area contributed by atoms with Gasteiger partial charge in [0.2, 0.25) is 10.0 Å². The molecule has 0 unspecified atom stereocenters. The zero-order valence-corrected chi connectivity index (χ0v) is 16.9. The van der Waals surface area contributed by atoms with Crippen LogP contribution in [0, 0.1) is 0 Å². The van der Waals surface area contributed by atoms with Crippen LogP contribution in [0.25, 0.3) is 0 Å². The minimum absolute atomic E-state index is 0.0699. The Morgan fingerprint density at radius 1 is 1.21 bits per heavy atom. The number of amides is 3. The summed E-state index contributed by atoms with van der Waals surface area (Å²) in [5, 5.41) is 5.58. The second-order valence-electron chi connectivity index (χ2n) is 6.92. The van der Waals surface area contributed by atoms with Crippen LogP contribution in [0.5, 0.6) is 5.75 Å². The summed E-state index contributed by atoms with van der Waals surface area (Å²) in [5.41, 5.74) is 0.469. The SMILES string of the molecule is COc1ccc(N[C@H](C)C(=O)N2CCNC2=O)cc1S(=O)(=O)N1CCCCC1. The van der Waals surface area contributed by atoms with E-state index < -0.39 is 22.1 Å². The van der Waals surface area contributed by atoms with Crippen LogP contribution in [-0.2, 0) is 14.8 Å². The summed E-state index contributed by atoms with van der Waals surface area (Å²) in [6.07, 6.45) is 2.69. The fraction of sp³-hybridized carbons (Fsp3) is 0.556. The van der Waals surface area contributed by atoms with Crippen LogP contribution in [0.15, 0.2) is 23.1 Å². The number of ether oxygens (including phenoxy) is 1. The van der Waals surface area contributed by atoms with Crippen molar-refractivity contribution in [3.63, 3.8) is 0 Å². The normalized spacial score (nSPS) is 19.2. The van der Waals surface area contributed by atoms with Crippen molar-refractivity contribution in [2.75, 3.05) is 38.6 Å². The third kappa shape index (κ3) is 4.07. The Morgan fingerprint density at radius 3 is 2.54 bits per heavy atom. The molecule has 2 fully saturated rings. The van der Waals surface area contributed by atoms with E-state index in [1.807, 2.05) is 0 Å². The summed E-state index contributed by atoms with van der Waals surface area (Å²) in [6.45, 7) is 3.36. The maximum atomic E-state index is 13.1. The van der Waals surface area contributed by atoms with E-state index in [0.29, 0.717) is 31.9 Å². The van der Waals surface area contributed by atoms with E-state index in [2.05, 4.69) is 10.6 Å². The van der Waals surface area contributed by atoms with Gasteiger partial charge >= 0.3 is 6.03 Å². The highest BCUT2D eigenvalue weighted by Gasteiger charge is 2.31. The number of methoxy groups -OCH3 is 1. The molecule has 2 aliphatic rings. The number of sulfonamides is 1. The third-order valence-corrected chi connectivity index (χ3v) is 6.89. The Bertz CT molecular complexity index is 852. The summed E-state index contributed by atoms with van der Waals surface area (Å²) < 4.78 is 32.9. The predicted molar refractivity (Wildman–Crippen MR) is 104 cm³/mol. The van der Waals surface area contributed by atoms with Crippen molar-refractivity contribution in [3.05, 3.63) is 18.2 Å². The van der Waals surface area contributed by atoms with Gasteiger partial charge in [0.15, 0.2) is 0 Å². The molecule has 0 aromatic heterocycles. The number of anilines is 1. The van der Waals surface area contributed by atoms with Crippen LogP contribution in [0.4, 0.5) is 10.5 Å². The van der Waals surface area contributed by atoms with Crippen LogP contribution in [0.3, 0.4) is 0 Å². The number of carbonyl (C=O) groups excluding carboxylic acids is 2. The molecule has 0 saturated carbocycles. The molecule has 2 saturated heterocycles. The number of rotatable bonds is 6. The first-order valence-corrected chi connectivity index (χ1v) is 10.8. The van der Waals surface area contributed by atoms with Gasteiger partial charge in [-0.25, -0.2) is 13.2 Å². The number of urea groups is 1. The number of imide groups is 1. The lowest BCUT2D eigenvalue weighted by Gasteiger charge is -2.27. The summed E-state index contributed by atoms with van der Waals surface area (Å²) in [6, 6.07) is 3.60. The molecule has 10 heteroatoms. The number of nitrogens with one attached hydrogen (secondary N) is 2. The number of hydrogen-bond acceptors (Lipinski definition) is 6. The van der Waals surface area contributed by atoms with Crippen LogP contribution in [0.2, 0.25) is 0 Å². The molecule has 2 heterocycles. The molecule has 0 bridgehead atoms. The zero-order valence-electron chi connectivity index (χ0n) is 16.1. The van der Waals surface area contributed by atoms with Gasteiger partial charge in [-0.3, -0.25) is 9.69 Å². The van der Waals surface area contributed by atoms with Crippen molar-refractivity contribution in [3.8, 4) is 5.75 Å². The highest BCUT2D eigenvalue weighted by Crippen LogP contribution is 2.31. The summed E-state index contributed by atoms with van der Waals surface area (Å²) >= 11 is 0. The molecule has 1 atom stereocenters. The van der Waals surface area contributed by atoms with Crippen molar-refractivity contribution in [2.24, 2.45) is 0 Å². The summed E-state index contributed by atoms with van der Waals surface area (Å²) in [5.74, 6) is -0.111. The van der Waals surface area contributed by atoms with Gasteiger partial charge in [-0.1, -0.05) is 6.42 Å². The Hall–Kier alpha value is -2.33. The predicted octanol–water partition coefficient (Wildman–Crippen LogP) is 1.22. The average Bonchev–Trinajstić information content (AvgIpc) is 3.13. The van der Waals surface area contributed by atoms with E-state index in [1.165, 1.54) is 17.5 Å². The molecule has 0 spiro atoms. The van der Waals surface area contributed by atoms with Gasteiger partial charge in [0.05, 0.1) is 7.11 Å². The molecule has 0 aliphatic carbocycles. The zero-order chi connectivity index (χ0) is 20.3. The minimum atomic E-state index is -3.70. The molecule has 28 heavy (non-hydrogen) atoms. The molecule has 1 aromatic carbocycles.